The van der Waals surface area contributed by atoms with E-state index in [0.29, 0.717) is 30.2 Å². The van der Waals surface area contributed by atoms with Gasteiger partial charge < -0.3 is 24.8 Å². The SMILES string of the molecule is COc1cc(NCCC(=O)Nc2ccccc2C(C)(C)C)cc(OC)c1OC. The van der Waals surface area contributed by atoms with Crippen LogP contribution in [0, 0.1) is 0 Å². The molecule has 0 aliphatic carbocycles. The van der Waals surface area contributed by atoms with Gasteiger partial charge in [-0.15, -0.1) is 0 Å². The highest BCUT2D eigenvalue weighted by Crippen LogP contribution is 2.39. The minimum Gasteiger partial charge on any atom is -0.493 e. The molecule has 0 heterocycles. The first-order valence-corrected chi connectivity index (χ1v) is 9.23. The molecule has 0 aliphatic rings. The van der Waals surface area contributed by atoms with Crippen molar-refractivity contribution in [3.8, 4) is 17.2 Å². The van der Waals surface area contributed by atoms with E-state index in [1.165, 1.54) is 0 Å². The van der Waals surface area contributed by atoms with Gasteiger partial charge in [0.25, 0.3) is 0 Å². The van der Waals surface area contributed by atoms with Gasteiger partial charge in [0.15, 0.2) is 11.5 Å². The summed E-state index contributed by atoms with van der Waals surface area (Å²) >= 11 is 0. The summed E-state index contributed by atoms with van der Waals surface area (Å²) in [6.45, 7) is 6.86. The topological polar surface area (TPSA) is 68.8 Å². The third kappa shape index (κ3) is 5.31. The first kappa shape index (κ1) is 21.4. The molecular formula is C22H30N2O4. The summed E-state index contributed by atoms with van der Waals surface area (Å²) in [6.07, 6.45) is 0.329. The predicted octanol–water partition coefficient (Wildman–Crippen LogP) is 4.45. The van der Waals surface area contributed by atoms with Crippen LogP contribution in [-0.4, -0.2) is 33.8 Å². The number of para-hydroxylation sites is 1. The Hall–Kier alpha value is -2.89. The van der Waals surface area contributed by atoms with Gasteiger partial charge in [-0.05, 0) is 17.0 Å². The van der Waals surface area contributed by atoms with Crippen LogP contribution in [0.1, 0.15) is 32.8 Å². The molecule has 6 heteroatoms. The van der Waals surface area contributed by atoms with Crippen molar-refractivity contribution < 1.29 is 19.0 Å². The van der Waals surface area contributed by atoms with Gasteiger partial charge in [0.1, 0.15) is 0 Å². The lowest BCUT2D eigenvalue weighted by Crippen LogP contribution is -2.20. The van der Waals surface area contributed by atoms with Gasteiger partial charge in [0.05, 0.1) is 21.3 Å². The third-order valence-electron chi connectivity index (χ3n) is 4.36. The van der Waals surface area contributed by atoms with E-state index in [-0.39, 0.29) is 11.3 Å². The number of amides is 1. The second-order valence-corrected chi connectivity index (χ2v) is 7.43. The molecule has 0 spiro atoms. The van der Waals surface area contributed by atoms with Crippen molar-refractivity contribution in [3.05, 3.63) is 42.0 Å². The largest absolute Gasteiger partial charge is 0.493 e. The molecule has 2 aromatic carbocycles. The molecule has 0 atom stereocenters. The molecule has 0 bridgehead atoms. The van der Waals surface area contributed by atoms with E-state index in [2.05, 4.69) is 31.4 Å². The molecule has 0 unspecified atom stereocenters. The van der Waals surface area contributed by atoms with Crippen LogP contribution in [0.25, 0.3) is 0 Å². The zero-order valence-electron chi connectivity index (χ0n) is 17.5. The number of ether oxygens (including phenoxy) is 3. The van der Waals surface area contributed by atoms with E-state index >= 15 is 0 Å². The van der Waals surface area contributed by atoms with Gasteiger partial charge in [0.2, 0.25) is 11.7 Å². The Morgan fingerprint density at radius 3 is 2.11 bits per heavy atom. The summed E-state index contributed by atoms with van der Waals surface area (Å²) in [5.41, 5.74) is 2.71. The first-order valence-electron chi connectivity index (χ1n) is 9.23. The van der Waals surface area contributed by atoms with Crippen LogP contribution in [-0.2, 0) is 10.2 Å². The molecule has 2 aromatic rings. The minimum atomic E-state index is -0.0448. The smallest absolute Gasteiger partial charge is 0.226 e. The van der Waals surface area contributed by atoms with E-state index in [0.717, 1.165) is 16.9 Å². The van der Waals surface area contributed by atoms with Crippen molar-refractivity contribution in [1.82, 2.24) is 0 Å². The number of hydrogen-bond acceptors (Lipinski definition) is 5. The van der Waals surface area contributed by atoms with Crippen molar-refractivity contribution in [2.45, 2.75) is 32.6 Å². The standard InChI is InChI=1S/C22H30N2O4/c1-22(2,3)16-9-7-8-10-17(16)24-20(25)11-12-23-15-13-18(26-4)21(28-6)19(14-15)27-5/h7-10,13-14,23H,11-12H2,1-6H3,(H,24,25). The summed E-state index contributed by atoms with van der Waals surface area (Å²) in [6, 6.07) is 11.5. The molecule has 2 rings (SSSR count). The van der Waals surface area contributed by atoms with Gasteiger partial charge in [-0.2, -0.15) is 0 Å². The number of hydrogen-bond donors (Lipinski definition) is 2. The lowest BCUT2D eigenvalue weighted by atomic mass is 9.86. The Morgan fingerprint density at radius 2 is 1.57 bits per heavy atom. The molecule has 2 N–H and O–H groups in total. The fourth-order valence-corrected chi connectivity index (χ4v) is 2.96. The number of rotatable bonds is 8. The average Bonchev–Trinajstić information content (AvgIpc) is 2.66. The molecule has 152 valence electrons. The van der Waals surface area contributed by atoms with Crippen LogP contribution >= 0.6 is 0 Å². The fourth-order valence-electron chi connectivity index (χ4n) is 2.96. The molecule has 0 aliphatic heterocycles. The van der Waals surface area contributed by atoms with Crippen LogP contribution in [0.3, 0.4) is 0 Å². The zero-order valence-corrected chi connectivity index (χ0v) is 17.5. The van der Waals surface area contributed by atoms with E-state index < -0.39 is 0 Å². The normalized spacial score (nSPS) is 10.9. The van der Waals surface area contributed by atoms with E-state index in [1.54, 1.807) is 21.3 Å². The van der Waals surface area contributed by atoms with E-state index in [1.807, 2.05) is 36.4 Å². The van der Waals surface area contributed by atoms with Crippen molar-refractivity contribution in [3.63, 3.8) is 0 Å². The molecule has 0 saturated heterocycles. The number of nitrogens with one attached hydrogen (secondary N) is 2. The summed E-state index contributed by atoms with van der Waals surface area (Å²) in [7, 11) is 4.70. The number of anilines is 2. The maximum absolute atomic E-state index is 12.4. The minimum absolute atomic E-state index is 0.0433. The third-order valence-corrected chi connectivity index (χ3v) is 4.36. The van der Waals surface area contributed by atoms with Gasteiger partial charge in [-0.25, -0.2) is 0 Å². The maximum atomic E-state index is 12.4. The van der Waals surface area contributed by atoms with E-state index in [4.69, 9.17) is 14.2 Å². The maximum Gasteiger partial charge on any atom is 0.226 e. The second kappa shape index (κ2) is 9.35. The predicted molar refractivity (Wildman–Crippen MR) is 113 cm³/mol. The summed E-state index contributed by atoms with van der Waals surface area (Å²) in [5.74, 6) is 1.62. The quantitative estimate of drug-likeness (QED) is 0.701. The number of benzene rings is 2. The molecule has 6 nitrogen and oxygen atoms in total. The van der Waals surface area contributed by atoms with Crippen LogP contribution in [0.2, 0.25) is 0 Å². The highest BCUT2D eigenvalue weighted by molar-refractivity contribution is 5.92. The van der Waals surface area contributed by atoms with Gasteiger partial charge in [0, 0.05) is 36.5 Å². The Balaban J connectivity index is 2.00. The van der Waals surface area contributed by atoms with Crippen molar-refractivity contribution in [2.24, 2.45) is 0 Å². The molecule has 28 heavy (non-hydrogen) atoms. The number of methoxy groups -OCH3 is 3. The van der Waals surface area contributed by atoms with Crippen molar-refractivity contribution in [1.29, 1.82) is 0 Å². The Morgan fingerprint density at radius 1 is 0.964 bits per heavy atom. The van der Waals surface area contributed by atoms with Crippen molar-refractivity contribution in [2.75, 3.05) is 38.5 Å². The molecule has 0 fully saturated rings. The second-order valence-electron chi connectivity index (χ2n) is 7.43. The molecule has 0 saturated carbocycles. The highest BCUT2D eigenvalue weighted by Gasteiger charge is 2.18. The zero-order chi connectivity index (χ0) is 20.7. The molecular weight excluding hydrogens is 356 g/mol. The monoisotopic (exact) mass is 386 g/mol. The summed E-state index contributed by atoms with van der Waals surface area (Å²) in [5, 5.41) is 6.25. The van der Waals surface area contributed by atoms with Crippen LogP contribution < -0.4 is 24.8 Å². The first-order chi connectivity index (χ1) is 13.3. The summed E-state index contributed by atoms with van der Waals surface area (Å²) < 4.78 is 16.0. The number of carbonyl (C=O) groups is 1. The molecule has 0 aromatic heterocycles. The molecule has 0 radical (unpaired) electrons. The lowest BCUT2D eigenvalue weighted by Gasteiger charge is -2.23. The van der Waals surface area contributed by atoms with Gasteiger partial charge in [-0.3, -0.25) is 4.79 Å². The number of carbonyl (C=O) groups excluding carboxylic acids is 1. The highest BCUT2D eigenvalue weighted by atomic mass is 16.5. The Bertz CT molecular complexity index is 787. The lowest BCUT2D eigenvalue weighted by molar-refractivity contribution is -0.115. The molecule has 1 amide bonds. The van der Waals surface area contributed by atoms with Gasteiger partial charge >= 0.3 is 0 Å². The van der Waals surface area contributed by atoms with Crippen LogP contribution in [0.5, 0.6) is 17.2 Å². The van der Waals surface area contributed by atoms with Crippen molar-refractivity contribution >= 4 is 17.3 Å². The van der Waals surface area contributed by atoms with Gasteiger partial charge in [-0.1, -0.05) is 39.0 Å². The van der Waals surface area contributed by atoms with E-state index in [9.17, 15) is 4.79 Å². The van der Waals surface area contributed by atoms with Crippen LogP contribution in [0.15, 0.2) is 36.4 Å². The Labute approximate surface area is 167 Å². The average molecular weight is 386 g/mol. The summed E-state index contributed by atoms with van der Waals surface area (Å²) in [4.78, 5) is 12.4. The Kier molecular flexibility index (Phi) is 7.15. The van der Waals surface area contributed by atoms with Crippen LogP contribution in [0.4, 0.5) is 11.4 Å². The fraction of sp³-hybridized carbons (Fsp3) is 0.409.